The zero-order valence-corrected chi connectivity index (χ0v) is 12.0. The Morgan fingerprint density at radius 1 is 1.40 bits per heavy atom. The third-order valence-electron chi connectivity index (χ3n) is 3.06. The van der Waals surface area contributed by atoms with Crippen LogP contribution in [0.5, 0.6) is 11.5 Å². The Kier molecular flexibility index (Phi) is 4.57. The van der Waals surface area contributed by atoms with Crippen LogP contribution in [0.15, 0.2) is 24.5 Å². The van der Waals surface area contributed by atoms with Crippen molar-refractivity contribution in [3.63, 3.8) is 0 Å². The number of ether oxygens (including phenoxy) is 2. The highest BCUT2D eigenvalue weighted by molar-refractivity contribution is 5.42. The van der Waals surface area contributed by atoms with E-state index in [4.69, 9.17) is 15.2 Å². The van der Waals surface area contributed by atoms with Gasteiger partial charge in [-0.2, -0.15) is 5.10 Å². The molecule has 0 radical (unpaired) electrons. The molecule has 0 bridgehead atoms. The number of methoxy groups -OCH3 is 1. The van der Waals surface area contributed by atoms with Gasteiger partial charge in [0.2, 0.25) is 0 Å². The smallest absolute Gasteiger partial charge is 0.164 e. The van der Waals surface area contributed by atoms with E-state index in [0.717, 1.165) is 23.7 Å². The Morgan fingerprint density at radius 2 is 2.20 bits per heavy atom. The van der Waals surface area contributed by atoms with Crippen molar-refractivity contribution >= 4 is 0 Å². The van der Waals surface area contributed by atoms with Gasteiger partial charge in [-0.1, -0.05) is 6.07 Å². The van der Waals surface area contributed by atoms with Gasteiger partial charge in [0, 0.05) is 24.2 Å². The van der Waals surface area contributed by atoms with Gasteiger partial charge >= 0.3 is 0 Å². The molecule has 0 amide bonds. The van der Waals surface area contributed by atoms with Gasteiger partial charge < -0.3 is 15.2 Å². The maximum absolute atomic E-state index is 5.96. The maximum Gasteiger partial charge on any atom is 0.164 e. The first kappa shape index (κ1) is 14.3. The van der Waals surface area contributed by atoms with Crippen LogP contribution in [0.2, 0.25) is 0 Å². The van der Waals surface area contributed by atoms with Crippen molar-refractivity contribution in [3.05, 3.63) is 35.9 Å². The molecule has 1 aromatic heterocycles. The molecular weight excluding hydrogens is 256 g/mol. The van der Waals surface area contributed by atoms with Crippen LogP contribution >= 0.6 is 0 Å². The molecule has 2 rings (SSSR count). The Hall–Kier alpha value is -2.08. The third-order valence-corrected chi connectivity index (χ3v) is 3.06. The summed E-state index contributed by atoms with van der Waals surface area (Å²) in [6.07, 6.45) is 1.53. The van der Waals surface area contributed by atoms with Gasteiger partial charge in [0.25, 0.3) is 0 Å². The molecule has 0 fully saturated rings. The van der Waals surface area contributed by atoms with Crippen LogP contribution in [0, 0.1) is 0 Å². The van der Waals surface area contributed by atoms with Crippen LogP contribution in [0.25, 0.3) is 0 Å². The minimum atomic E-state index is -0.111. The van der Waals surface area contributed by atoms with E-state index in [-0.39, 0.29) is 6.04 Å². The molecule has 2 N–H and O–H groups in total. The van der Waals surface area contributed by atoms with Gasteiger partial charge in [-0.15, -0.1) is 0 Å². The van der Waals surface area contributed by atoms with Crippen molar-refractivity contribution in [2.24, 2.45) is 5.73 Å². The van der Waals surface area contributed by atoms with Crippen LogP contribution in [0.3, 0.4) is 0 Å². The van der Waals surface area contributed by atoms with E-state index >= 15 is 0 Å². The zero-order chi connectivity index (χ0) is 14.5. The van der Waals surface area contributed by atoms with Gasteiger partial charge in [0.05, 0.1) is 7.11 Å². The van der Waals surface area contributed by atoms with Crippen molar-refractivity contribution < 1.29 is 9.47 Å². The highest BCUT2D eigenvalue weighted by atomic mass is 16.5. The Labute approximate surface area is 118 Å². The fraction of sp³-hybridized carbons (Fsp3) is 0.429. The fourth-order valence-corrected chi connectivity index (χ4v) is 1.95. The Morgan fingerprint density at radius 3 is 2.85 bits per heavy atom. The minimum absolute atomic E-state index is 0.111. The second-order valence-corrected chi connectivity index (χ2v) is 4.47. The van der Waals surface area contributed by atoms with Crippen LogP contribution < -0.4 is 15.2 Å². The summed E-state index contributed by atoms with van der Waals surface area (Å²) in [6, 6.07) is 5.52. The summed E-state index contributed by atoms with van der Waals surface area (Å²) in [5.41, 5.74) is 6.90. The van der Waals surface area contributed by atoms with Crippen LogP contribution in [0.4, 0.5) is 0 Å². The summed E-state index contributed by atoms with van der Waals surface area (Å²) in [7, 11) is 1.62. The molecule has 0 aliphatic carbocycles. The summed E-state index contributed by atoms with van der Waals surface area (Å²) in [5, 5.41) is 4.11. The number of rotatable bonds is 6. The molecule has 1 aromatic carbocycles. The highest BCUT2D eigenvalue weighted by Gasteiger charge is 2.11. The van der Waals surface area contributed by atoms with E-state index in [9.17, 15) is 0 Å². The van der Waals surface area contributed by atoms with Gasteiger partial charge in [-0.25, -0.2) is 9.67 Å². The molecule has 0 spiro atoms. The number of nitrogens with zero attached hydrogens (tertiary/aromatic N) is 3. The van der Waals surface area contributed by atoms with E-state index in [1.165, 1.54) is 6.33 Å². The van der Waals surface area contributed by atoms with E-state index in [0.29, 0.717) is 12.4 Å². The van der Waals surface area contributed by atoms with Gasteiger partial charge in [-0.3, -0.25) is 0 Å². The average Bonchev–Trinajstić information content (AvgIpc) is 2.91. The van der Waals surface area contributed by atoms with Gasteiger partial charge in [0.1, 0.15) is 24.4 Å². The number of nitrogens with two attached hydrogens (primary N) is 1. The molecule has 0 saturated carbocycles. The third kappa shape index (κ3) is 3.08. The molecule has 6 heteroatoms. The van der Waals surface area contributed by atoms with Crippen LogP contribution in [0.1, 0.15) is 31.3 Å². The fourth-order valence-electron chi connectivity index (χ4n) is 1.95. The molecule has 0 unspecified atom stereocenters. The molecule has 6 nitrogen and oxygen atoms in total. The summed E-state index contributed by atoms with van der Waals surface area (Å²) in [4.78, 5) is 4.18. The Bertz CT molecular complexity index is 566. The van der Waals surface area contributed by atoms with Crippen LogP contribution in [-0.2, 0) is 13.2 Å². The average molecular weight is 276 g/mol. The second-order valence-electron chi connectivity index (χ2n) is 4.47. The topological polar surface area (TPSA) is 75.2 Å². The molecule has 1 heterocycles. The van der Waals surface area contributed by atoms with Crippen molar-refractivity contribution in [1.82, 2.24) is 14.8 Å². The standard InChI is InChI=1S/C14H20N4O2/c1-4-18-14(16-9-17-18)8-20-13-7-11(19-3)5-6-12(13)10(2)15/h5-7,9-10H,4,8,15H2,1-3H3/t10-/m1/s1. The predicted octanol–water partition coefficient (Wildman–Crippen LogP) is 1.91. The SMILES string of the molecule is CCn1ncnc1COc1cc(OC)ccc1[C@@H](C)N. The highest BCUT2D eigenvalue weighted by Crippen LogP contribution is 2.29. The van der Waals surface area contributed by atoms with Gasteiger partial charge in [-0.05, 0) is 19.9 Å². The summed E-state index contributed by atoms with van der Waals surface area (Å²) < 4.78 is 12.9. The molecule has 0 aliphatic heterocycles. The lowest BCUT2D eigenvalue weighted by atomic mass is 10.1. The quantitative estimate of drug-likeness (QED) is 0.872. The van der Waals surface area contributed by atoms with E-state index < -0.39 is 0 Å². The minimum Gasteiger partial charge on any atom is -0.497 e. The lowest BCUT2D eigenvalue weighted by Gasteiger charge is -2.15. The maximum atomic E-state index is 5.96. The molecule has 1 atom stereocenters. The number of benzene rings is 1. The number of aromatic nitrogens is 3. The van der Waals surface area contributed by atoms with Gasteiger partial charge in [0.15, 0.2) is 5.82 Å². The second kappa shape index (κ2) is 6.38. The van der Waals surface area contributed by atoms with Crippen molar-refractivity contribution in [2.75, 3.05) is 7.11 Å². The first-order chi connectivity index (χ1) is 9.65. The number of hydrogen-bond acceptors (Lipinski definition) is 5. The molecular formula is C14H20N4O2. The van der Waals surface area contributed by atoms with Crippen molar-refractivity contribution in [2.45, 2.75) is 33.0 Å². The molecule has 0 aliphatic rings. The lowest BCUT2D eigenvalue weighted by Crippen LogP contribution is -2.11. The Balaban J connectivity index is 2.19. The summed E-state index contributed by atoms with van der Waals surface area (Å²) in [5.74, 6) is 2.23. The first-order valence-electron chi connectivity index (χ1n) is 6.58. The zero-order valence-electron chi connectivity index (χ0n) is 12.0. The predicted molar refractivity (Wildman–Crippen MR) is 75.6 cm³/mol. The largest absolute Gasteiger partial charge is 0.497 e. The van der Waals surface area contributed by atoms with Crippen molar-refractivity contribution in [1.29, 1.82) is 0 Å². The molecule has 108 valence electrons. The molecule has 2 aromatic rings. The van der Waals surface area contributed by atoms with E-state index in [2.05, 4.69) is 10.1 Å². The number of hydrogen-bond donors (Lipinski definition) is 1. The summed E-state index contributed by atoms with van der Waals surface area (Å²) in [6.45, 7) is 5.04. The molecule has 0 saturated heterocycles. The van der Waals surface area contributed by atoms with E-state index in [1.807, 2.05) is 32.0 Å². The summed E-state index contributed by atoms with van der Waals surface area (Å²) >= 11 is 0. The lowest BCUT2D eigenvalue weighted by molar-refractivity contribution is 0.281. The van der Waals surface area contributed by atoms with Crippen molar-refractivity contribution in [3.8, 4) is 11.5 Å². The van der Waals surface area contributed by atoms with Crippen LogP contribution in [-0.4, -0.2) is 21.9 Å². The number of aryl methyl sites for hydroxylation is 1. The normalized spacial score (nSPS) is 12.2. The first-order valence-corrected chi connectivity index (χ1v) is 6.58. The molecule has 20 heavy (non-hydrogen) atoms. The van der Waals surface area contributed by atoms with E-state index in [1.54, 1.807) is 11.8 Å². The monoisotopic (exact) mass is 276 g/mol.